The van der Waals surface area contributed by atoms with Crippen molar-refractivity contribution >= 4 is 26.0 Å². The van der Waals surface area contributed by atoms with Crippen molar-refractivity contribution in [3.05, 3.63) is 59.7 Å². The Morgan fingerprint density at radius 2 is 1.48 bits per heavy atom. The van der Waals surface area contributed by atoms with E-state index in [0.717, 1.165) is 31.2 Å². The molecule has 1 aliphatic carbocycles. The highest BCUT2D eigenvalue weighted by Gasteiger charge is 2.33. The Hall–Kier alpha value is -2.27. The van der Waals surface area contributed by atoms with Gasteiger partial charge in [-0.15, -0.1) is 0 Å². The third-order valence-corrected chi connectivity index (χ3v) is 9.72. The van der Waals surface area contributed by atoms with E-state index in [9.17, 15) is 21.6 Å². The number of piperazine rings is 1. The van der Waals surface area contributed by atoms with Crippen molar-refractivity contribution in [1.29, 1.82) is 0 Å². The zero-order chi connectivity index (χ0) is 23.6. The number of carbonyl (C=O) groups excluding carboxylic acids is 1. The van der Waals surface area contributed by atoms with Crippen molar-refractivity contribution in [3.63, 3.8) is 0 Å². The Balaban J connectivity index is 1.38. The smallest absolute Gasteiger partial charge is 0.243 e. The van der Waals surface area contributed by atoms with E-state index < -0.39 is 26.1 Å². The number of rotatable bonds is 6. The van der Waals surface area contributed by atoms with Gasteiger partial charge in [0.25, 0.3) is 0 Å². The topological polar surface area (TPSA) is 104 Å². The van der Waals surface area contributed by atoms with Crippen LogP contribution in [0.25, 0.3) is 0 Å². The molecule has 4 rings (SSSR count). The van der Waals surface area contributed by atoms with Gasteiger partial charge in [-0.2, -0.15) is 9.03 Å². The van der Waals surface area contributed by atoms with Crippen LogP contribution in [0, 0.1) is 0 Å². The average molecular weight is 492 g/mol. The molecular weight excluding hydrogens is 462 g/mol. The molecule has 0 unspecified atom stereocenters. The van der Waals surface area contributed by atoms with Crippen LogP contribution in [0.15, 0.2) is 58.3 Å². The molecule has 1 fully saturated rings. The molecule has 1 heterocycles. The van der Waals surface area contributed by atoms with Crippen LogP contribution in [-0.2, 0) is 37.7 Å². The third kappa shape index (κ3) is 5.13. The predicted molar refractivity (Wildman–Crippen MR) is 125 cm³/mol. The Bertz CT molecular complexity index is 1220. The van der Waals surface area contributed by atoms with E-state index in [1.165, 1.54) is 33.8 Å². The van der Waals surface area contributed by atoms with Crippen LogP contribution >= 0.6 is 0 Å². The molecule has 0 spiro atoms. The van der Waals surface area contributed by atoms with Crippen molar-refractivity contribution < 1.29 is 21.6 Å². The molecule has 2 aromatic carbocycles. The molecule has 10 heteroatoms. The van der Waals surface area contributed by atoms with E-state index in [1.54, 1.807) is 30.3 Å². The summed E-state index contributed by atoms with van der Waals surface area (Å²) in [6.45, 7) is 2.26. The summed E-state index contributed by atoms with van der Waals surface area (Å²) in [5.41, 5.74) is 2.33. The second kappa shape index (κ2) is 9.54. The first-order valence-electron chi connectivity index (χ1n) is 11.2. The molecule has 178 valence electrons. The Kier molecular flexibility index (Phi) is 6.90. The quantitative estimate of drug-likeness (QED) is 0.663. The Morgan fingerprint density at radius 1 is 0.848 bits per heavy atom. The lowest BCUT2D eigenvalue weighted by Gasteiger charge is -2.35. The van der Waals surface area contributed by atoms with Gasteiger partial charge >= 0.3 is 0 Å². The van der Waals surface area contributed by atoms with E-state index in [4.69, 9.17) is 0 Å². The highest BCUT2D eigenvalue weighted by atomic mass is 32.2. The first-order valence-corrected chi connectivity index (χ1v) is 14.1. The summed E-state index contributed by atoms with van der Waals surface area (Å²) >= 11 is 0. The number of nitrogens with zero attached hydrogens (tertiary/aromatic N) is 2. The molecule has 8 nitrogen and oxygen atoms in total. The maximum Gasteiger partial charge on any atom is 0.243 e. The number of hydrogen-bond donors (Lipinski definition) is 1. The molecule has 1 aliphatic heterocycles. The lowest BCUT2D eigenvalue weighted by atomic mass is 9.92. The monoisotopic (exact) mass is 491 g/mol. The Morgan fingerprint density at radius 3 is 2.15 bits per heavy atom. The minimum absolute atomic E-state index is 0.0885. The lowest BCUT2D eigenvalue weighted by Crippen LogP contribution is -2.55. The average Bonchev–Trinajstić information content (AvgIpc) is 2.83. The van der Waals surface area contributed by atoms with Crippen LogP contribution in [0.5, 0.6) is 0 Å². The van der Waals surface area contributed by atoms with Gasteiger partial charge in [0.05, 0.1) is 15.8 Å². The molecule has 0 saturated carbocycles. The van der Waals surface area contributed by atoms with Crippen molar-refractivity contribution in [2.45, 2.75) is 48.4 Å². The summed E-state index contributed by atoms with van der Waals surface area (Å²) in [6, 6.07) is 12.3. The number of sulfonamides is 2. The van der Waals surface area contributed by atoms with E-state index in [2.05, 4.69) is 4.72 Å². The molecule has 0 radical (unpaired) electrons. The van der Waals surface area contributed by atoms with E-state index in [-0.39, 0.29) is 37.0 Å². The van der Waals surface area contributed by atoms with Crippen molar-refractivity contribution in [3.8, 4) is 0 Å². The number of nitrogens with one attached hydrogen (secondary N) is 1. The standard InChI is InChI=1S/C23H29N3O5S2/c1-18(24-32(28,29)21-9-3-2-4-10-21)23(27)25-13-15-26(16-14-25)33(30,31)22-12-11-19-7-5-6-8-20(19)17-22/h2-4,9-12,17-18,24H,5-8,13-16H2,1H3/t18-/m0/s1. The van der Waals surface area contributed by atoms with Crippen LogP contribution in [0.2, 0.25) is 0 Å². The van der Waals surface area contributed by atoms with Gasteiger partial charge in [-0.25, -0.2) is 16.8 Å². The number of amides is 1. The normalized spacial score (nSPS) is 18.5. The highest BCUT2D eigenvalue weighted by Crippen LogP contribution is 2.26. The zero-order valence-electron chi connectivity index (χ0n) is 18.6. The maximum absolute atomic E-state index is 13.2. The first-order chi connectivity index (χ1) is 15.7. The van der Waals surface area contributed by atoms with Crippen molar-refractivity contribution in [1.82, 2.24) is 13.9 Å². The van der Waals surface area contributed by atoms with E-state index in [0.29, 0.717) is 4.90 Å². The van der Waals surface area contributed by atoms with Gasteiger partial charge in [0.15, 0.2) is 0 Å². The van der Waals surface area contributed by atoms with Gasteiger partial charge < -0.3 is 4.90 Å². The van der Waals surface area contributed by atoms with Crippen molar-refractivity contribution in [2.24, 2.45) is 0 Å². The van der Waals surface area contributed by atoms with Gasteiger partial charge in [0, 0.05) is 26.2 Å². The van der Waals surface area contributed by atoms with Crippen LogP contribution in [0.1, 0.15) is 30.9 Å². The fourth-order valence-corrected chi connectivity index (χ4v) is 7.08. The molecule has 1 amide bonds. The van der Waals surface area contributed by atoms with Gasteiger partial charge in [0.1, 0.15) is 0 Å². The fourth-order valence-electron chi connectivity index (χ4n) is 4.39. The molecule has 33 heavy (non-hydrogen) atoms. The van der Waals surface area contributed by atoms with Gasteiger partial charge in [0.2, 0.25) is 26.0 Å². The maximum atomic E-state index is 13.2. The zero-order valence-corrected chi connectivity index (χ0v) is 20.2. The predicted octanol–water partition coefficient (Wildman–Crippen LogP) is 1.77. The highest BCUT2D eigenvalue weighted by molar-refractivity contribution is 7.89. The third-order valence-electron chi connectivity index (χ3n) is 6.26. The van der Waals surface area contributed by atoms with E-state index in [1.807, 2.05) is 6.07 Å². The molecule has 1 atom stereocenters. The second-order valence-electron chi connectivity index (χ2n) is 8.52. The van der Waals surface area contributed by atoms with Crippen molar-refractivity contribution in [2.75, 3.05) is 26.2 Å². The van der Waals surface area contributed by atoms with E-state index >= 15 is 0 Å². The SMILES string of the molecule is C[C@H](NS(=O)(=O)c1ccccc1)C(=O)N1CCN(S(=O)(=O)c2ccc3c(c2)CCCC3)CC1. The number of aryl methyl sites for hydroxylation is 2. The first kappa shape index (κ1) is 23.9. The molecule has 0 bridgehead atoms. The summed E-state index contributed by atoms with van der Waals surface area (Å²) in [7, 11) is -7.47. The molecular formula is C23H29N3O5S2. The summed E-state index contributed by atoms with van der Waals surface area (Å²) in [5, 5.41) is 0. The fraction of sp³-hybridized carbons (Fsp3) is 0.435. The molecule has 2 aliphatic rings. The largest absolute Gasteiger partial charge is 0.339 e. The summed E-state index contributed by atoms with van der Waals surface area (Å²) in [5.74, 6) is -0.375. The number of hydrogen-bond acceptors (Lipinski definition) is 5. The number of benzene rings is 2. The van der Waals surface area contributed by atoms with Crippen LogP contribution < -0.4 is 4.72 Å². The number of fused-ring (bicyclic) bond motifs is 1. The Labute approximate surface area is 195 Å². The molecule has 1 saturated heterocycles. The minimum Gasteiger partial charge on any atom is -0.339 e. The lowest BCUT2D eigenvalue weighted by molar-refractivity contribution is -0.133. The van der Waals surface area contributed by atoms with Crippen LogP contribution in [0.3, 0.4) is 0 Å². The van der Waals surface area contributed by atoms with Gasteiger partial charge in [-0.1, -0.05) is 24.3 Å². The van der Waals surface area contributed by atoms with Crippen LogP contribution in [-0.4, -0.2) is 64.2 Å². The molecule has 1 N–H and O–H groups in total. The van der Waals surface area contributed by atoms with Crippen LogP contribution in [0.4, 0.5) is 0 Å². The summed E-state index contributed by atoms with van der Waals surface area (Å²) in [6.07, 6.45) is 4.10. The summed E-state index contributed by atoms with van der Waals surface area (Å²) in [4.78, 5) is 14.7. The van der Waals surface area contributed by atoms with Gasteiger partial charge in [-0.05, 0) is 68.0 Å². The van der Waals surface area contributed by atoms with Gasteiger partial charge in [-0.3, -0.25) is 4.79 Å². The molecule has 2 aromatic rings. The summed E-state index contributed by atoms with van der Waals surface area (Å²) < 4.78 is 55.1. The minimum atomic E-state index is -3.82. The molecule has 0 aromatic heterocycles. The second-order valence-corrected chi connectivity index (χ2v) is 12.2. The number of carbonyl (C=O) groups is 1.